The van der Waals surface area contributed by atoms with Crippen molar-refractivity contribution in [3.63, 3.8) is 0 Å². The summed E-state index contributed by atoms with van der Waals surface area (Å²) in [6.07, 6.45) is 7.41. The maximum Gasteiger partial charge on any atom is 0.223 e. The first-order chi connectivity index (χ1) is 11.8. The largest absolute Gasteiger partial charge is 0.355 e. The first-order valence-corrected chi connectivity index (χ1v) is 9.47. The van der Waals surface area contributed by atoms with Crippen molar-refractivity contribution in [2.24, 2.45) is 29.6 Å². The standard InChI is InChI=1S/C20H25N3O/c24-20(19-14-8-12-7-13(10-14)11-15(19)9-12)21-6-5-18-22-16-3-1-2-4-17(16)23-18/h1-4,12-15,19H,5-11H2,(H,21,24)(H,22,23). The number of aromatic nitrogens is 2. The number of H-pyrrole nitrogens is 1. The molecular weight excluding hydrogens is 298 g/mol. The molecule has 2 aromatic rings. The molecule has 4 bridgehead atoms. The highest BCUT2D eigenvalue weighted by atomic mass is 16.1. The highest BCUT2D eigenvalue weighted by Crippen LogP contribution is 2.56. The Labute approximate surface area is 142 Å². The van der Waals surface area contributed by atoms with E-state index in [0.29, 0.717) is 24.3 Å². The van der Waals surface area contributed by atoms with Gasteiger partial charge in [-0.15, -0.1) is 0 Å². The molecule has 4 saturated carbocycles. The Morgan fingerprint density at radius 2 is 1.79 bits per heavy atom. The summed E-state index contributed by atoms with van der Waals surface area (Å²) in [5.41, 5.74) is 2.07. The first-order valence-electron chi connectivity index (χ1n) is 9.47. The number of rotatable bonds is 4. The molecule has 0 saturated heterocycles. The van der Waals surface area contributed by atoms with E-state index in [1.165, 1.54) is 32.1 Å². The van der Waals surface area contributed by atoms with Crippen molar-refractivity contribution in [3.8, 4) is 0 Å². The Hall–Kier alpha value is -1.84. The third-order valence-corrected chi connectivity index (χ3v) is 6.63. The second kappa shape index (κ2) is 5.61. The summed E-state index contributed by atoms with van der Waals surface area (Å²) < 4.78 is 0. The summed E-state index contributed by atoms with van der Waals surface area (Å²) in [5.74, 6) is 4.72. The van der Waals surface area contributed by atoms with Crippen LogP contribution in [0.25, 0.3) is 11.0 Å². The van der Waals surface area contributed by atoms with Gasteiger partial charge in [0.05, 0.1) is 11.0 Å². The van der Waals surface area contributed by atoms with Crippen molar-refractivity contribution < 1.29 is 4.79 Å². The molecule has 4 aliphatic rings. The number of amides is 1. The summed E-state index contributed by atoms with van der Waals surface area (Å²) >= 11 is 0. The number of hydrogen-bond acceptors (Lipinski definition) is 2. The van der Waals surface area contributed by atoms with Gasteiger partial charge in [0.25, 0.3) is 0 Å². The molecule has 1 aromatic heterocycles. The number of aromatic amines is 1. The maximum absolute atomic E-state index is 12.8. The van der Waals surface area contributed by atoms with Crippen molar-refractivity contribution in [2.75, 3.05) is 6.54 Å². The smallest absolute Gasteiger partial charge is 0.223 e. The monoisotopic (exact) mass is 323 g/mol. The molecule has 126 valence electrons. The van der Waals surface area contributed by atoms with Gasteiger partial charge in [-0.25, -0.2) is 4.98 Å². The molecule has 2 N–H and O–H groups in total. The van der Waals surface area contributed by atoms with E-state index >= 15 is 0 Å². The Balaban J connectivity index is 1.20. The van der Waals surface area contributed by atoms with Gasteiger partial charge in [-0.3, -0.25) is 4.79 Å². The van der Waals surface area contributed by atoms with Crippen LogP contribution in [0.1, 0.15) is 37.9 Å². The van der Waals surface area contributed by atoms with E-state index in [1.54, 1.807) is 0 Å². The number of hydrogen-bond donors (Lipinski definition) is 2. The van der Waals surface area contributed by atoms with Gasteiger partial charge < -0.3 is 10.3 Å². The fourth-order valence-corrected chi connectivity index (χ4v) is 5.90. The van der Waals surface area contributed by atoms with Gasteiger partial charge in [0, 0.05) is 18.9 Å². The molecule has 0 spiro atoms. The van der Waals surface area contributed by atoms with Crippen LogP contribution < -0.4 is 5.32 Å². The van der Waals surface area contributed by atoms with Gasteiger partial charge in [-0.05, 0) is 67.9 Å². The molecular formula is C20H25N3O. The molecule has 24 heavy (non-hydrogen) atoms. The van der Waals surface area contributed by atoms with Crippen LogP contribution in [0.4, 0.5) is 0 Å². The minimum absolute atomic E-state index is 0.286. The molecule has 0 aliphatic heterocycles. The number of para-hydroxylation sites is 2. The molecule has 4 aliphatic carbocycles. The van der Waals surface area contributed by atoms with Crippen molar-refractivity contribution >= 4 is 16.9 Å². The minimum Gasteiger partial charge on any atom is -0.355 e. The van der Waals surface area contributed by atoms with Gasteiger partial charge in [-0.1, -0.05) is 12.1 Å². The number of benzene rings is 1. The molecule has 1 heterocycles. The topological polar surface area (TPSA) is 57.8 Å². The number of carbonyl (C=O) groups is 1. The predicted molar refractivity (Wildman–Crippen MR) is 93.3 cm³/mol. The third-order valence-electron chi connectivity index (χ3n) is 6.63. The van der Waals surface area contributed by atoms with Gasteiger partial charge in [0.1, 0.15) is 5.82 Å². The zero-order valence-corrected chi connectivity index (χ0v) is 14.0. The molecule has 4 nitrogen and oxygen atoms in total. The summed E-state index contributed by atoms with van der Waals surface area (Å²) in [5, 5.41) is 3.20. The zero-order valence-electron chi connectivity index (χ0n) is 14.0. The number of imidazole rings is 1. The van der Waals surface area contributed by atoms with Crippen LogP contribution in [-0.4, -0.2) is 22.4 Å². The van der Waals surface area contributed by atoms with Gasteiger partial charge in [0.2, 0.25) is 5.91 Å². The van der Waals surface area contributed by atoms with Gasteiger partial charge >= 0.3 is 0 Å². The van der Waals surface area contributed by atoms with Gasteiger partial charge in [-0.2, -0.15) is 0 Å². The molecule has 0 radical (unpaired) electrons. The lowest BCUT2D eigenvalue weighted by Crippen LogP contribution is -2.51. The number of fused-ring (bicyclic) bond motifs is 1. The van der Waals surface area contributed by atoms with E-state index in [-0.39, 0.29) is 5.92 Å². The highest BCUT2D eigenvalue weighted by Gasteiger charge is 2.50. The van der Waals surface area contributed by atoms with Crippen molar-refractivity contribution in [3.05, 3.63) is 30.1 Å². The number of nitrogens with zero attached hydrogens (tertiary/aromatic N) is 1. The fraction of sp³-hybridized carbons (Fsp3) is 0.600. The predicted octanol–water partition coefficient (Wildman–Crippen LogP) is 3.29. The lowest BCUT2D eigenvalue weighted by Gasteiger charge is -2.53. The highest BCUT2D eigenvalue weighted by molar-refractivity contribution is 5.79. The second-order valence-electron chi connectivity index (χ2n) is 8.20. The molecule has 4 fully saturated rings. The van der Waals surface area contributed by atoms with Crippen molar-refractivity contribution in [1.29, 1.82) is 0 Å². The Bertz CT molecular complexity index is 704. The summed E-state index contributed by atoms with van der Waals surface area (Å²) in [4.78, 5) is 20.7. The molecule has 1 amide bonds. The van der Waals surface area contributed by atoms with E-state index < -0.39 is 0 Å². The molecule has 0 atom stereocenters. The summed E-state index contributed by atoms with van der Waals surface area (Å²) in [7, 11) is 0. The van der Waals surface area contributed by atoms with Crippen molar-refractivity contribution in [1.82, 2.24) is 15.3 Å². The third kappa shape index (κ3) is 2.43. The average Bonchev–Trinajstić information content (AvgIpc) is 2.96. The molecule has 6 rings (SSSR count). The lowest BCUT2D eigenvalue weighted by atomic mass is 9.51. The van der Waals surface area contributed by atoms with Crippen LogP contribution in [-0.2, 0) is 11.2 Å². The van der Waals surface area contributed by atoms with E-state index in [2.05, 4.69) is 15.3 Å². The van der Waals surface area contributed by atoms with E-state index in [0.717, 1.165) is 35.1 Å². The average molecular weight is 323 g/mol. The minimum atomic E-state index is 0.286. The lowest BCUT2D eigenvalue weighted by molar-refractivity contribution is -0.138. The number of nitrogens with one attached hydrogen (secondary N) is 2. The SMILES string of the molecule is O=C(NCCc1nc2ccccc2[nH]1)C1C2CC3CC(C2)CC1C3. The fourth-order valence-electron chi connectivity index (χ4n) is 5.90. The maximum atomic E-state index is 12.8. The summed E-state index contributed by atoms with van der Waals surface area (Å²) in [6, 6.07) is 8.07. The van der Waals surface area contributed by atoms with Crippen LogP contribution in [0.15, 0.2) is 24.3 Å². The second-order valence-corrected chi connectivity index (χ2v) is 8.20. The van der Waals surface area contributed by atoms with Gasteiger partial charge in [0.15, 0.2) is 0 Å². The normalized spacial score (nSPS) is 33.9. The molecule has 0 unspecified atom stereocenters. The molecule has 1 aromatic carbocycles. The quantitative estimate of drug-likeness (QED) is 0.907. The van der Waals surface area contributed by atoms with E-state index in [1.807, 2.05) is 24.3 Å². The molecule has 4 heteroatoms. The first kappa shape index (κ1) is 14.5. The van der Waals surface area contributed by atoms with Crippen LogP contribution >= 0.6 is 0 Å². The van der Waals surface area contributed by atoms with E-state index in [4.69, 9.17) is 0 Å². The Morgan fingerprint density at radius 3 is 2.50 bits per heavy atom. The van der Waals surface area contributed by atoms with Crippen molar-refractivity contribution in [2.45, 2.75) is 38.5 Å². The van der Waals surface area contributed by atoms with Crippen LogP contribution in [0.5, 0.6) is 0 Å². The van der Waals surface area contributed by atoms with E-state index in [9.17, 15) is 4.79 Å². The zero-order chi connectivity index (χ0) is 16.1. The van der Waals surface area contributed by atoms with Crippen LogP contribution in [0.3, 0.4) is 0 Å². The van der Waals surface area contributed by atoms with Crippen LogP contribution in [0, 0.1) is 29.6 Å². The number of carbonyl (C=O) groups excluding carboxylic acids is 1. The Kier molecular flexibility index (Phi) is 3.39. The van der Waals surface area contributed by atoms with Crippen LogP contribution in [0.2, 0.25) is 0 Å². The summed E-state index contributed by atoms with van der Waals surface area (Å²) in [6.45, 7) is 0.682. The Morgan fingerprint density at radius 1 is 1.08 bits per heavy atom.